The normalized spacial score (nSPS) is 12.1. The van der Waals surface area contributed by atoms with E-state index in [0.29, 0.717) is 13.0 Å². The lowest BCUT2D eigenvalue weighted by Crippen LogP contribution is -2.37. The molecule has 5 nitrogen and oxygen atoms in total. The summed E-state index contributed by atoms with van der Waals surface area (Å²) in [5.74, 6) is -0.945. The lowest BCUT2D eigenvalue weighted by molar-refractivity contribution is -0.146. The molecule has 5 heteroatoms. The fourth-order valence-electron chi connectivity index (χ4n) is 2.00. The highest BCUT2D eigenvalue weighted by atomic mass is 16.5. The SMILES string of the molecule is COC(=O)C(C)CN(CCCO)C(=O)/C=C/c1ccccc1. The van der Waals surface area contributed by atoms with Gasteiger partial charge in [0.25, 0.3) is 0 Å². The van der Waals surface area contributed by atoms with E-state index in [1.54, 1.807) is 17.9 Å². The summed E-state index contributed by atoms with van der Waals surface area (Å²) in [6.07, 6.45) is 3.69. The molecule has 0 radical (unpaired) electrons. The Labute approximate surface area is 131 Å². The van der Waals surface area contributed by atoms with Crippen LogP contribution in [-0.4, -0.2) is 48.7 Å². The fourth-order valence-corrected chi connectivity index (χ4v) is 2.00. The first-order valence-electron chi connectivity index (χ1n) is 7.29. The summed E-state index contributed by atoms with van der Waals surface area (Å²) >= 11 is 0. The molecule has 120 valence electrons. The highest BCUT2D eigenvalue weighted by Gasteiger charge is 2.19. The second-order valence-electron chi connectivity index (χ2n) is 5.03. The van der Waals surface area contributed by atoms with Gasteiger partial charge >= 0.3 is 5.97 Å². The van der Waals surface area contributed by atoms with Crippen LogP contribution in [0.2, 0.25) is 0 Å². The average molecular weight is 305 g/mol. The standard InChI is InChI=1S/C17H23NO4/c1-14(17(21)22-2)13-18(11-6-12-19)16(20)10-9-15-7-4-3-5-8-15/h3-5,7-10,14,19H,6,11-13H2,1-2H3/b10-9+. The van der Waals surface area contributed by atoms with Gasteiger partial charge in [-0.15, -0.1) is 0 Å². The topological polar surface area (TPSA) is 66.8 Å². The molecule has 22 heavy (non-hydrogen) atoms. The van der Waals surface area contributed by atoms with Crippen LogP contribution in [-0.2, 0) is 14.3 Å². The van der Waals surface area contributed by atoms with Crippen LogP contribution in [0.15, 0.2) is 36.4 Å². The molecule has 0 spiro atoms. The van der Waals surface area contributed by atoms with Crippen LogP contribution >= 0.6 is 0 Å². The lowest BCUT2D eigenvalue weighted by atomic mass is 10.1. The zero-order valence-corrected chi connectivity index (χ0v) is 13.1. The fraction of sp³-hybridized carbons (Fsp3) is 0.412. The third-order valence-electron chi connectivity index (χ3n) is 3.21. The van der Waals surface area contributed by atoms with E-state index in [2.05, 4.69) is 4.74 Å². The van der Waals surface area contributed by atoms with Gasteiger partial charge in [0.1, 0.15) is 0 Å². The molecule has 0 saturated heterocycles. The van der Waals surface area contributed by atoms with Crippen LogP contribution in [0.5, 0.6) is 0 Å². The Hall–Kier alpha value is -2.14. The van der Waals surface area contributed by atoms with Gasteiger partial charge in [-0.1, -0.05) is 37.3 Å². The van der Waals surface area contributed by atoms with Crippen molar-refractivity contribution in [1.29, 1.82) is 0 Å². The van der Waals surface area contributed by atoms with Crippen LogP contribution in [0.25, 0.3) is 6.08 Å². The second kappa shape index (κ2) is 9.73. The first-order chi connectivity index (χ1) is 10.6. The summed E-state index contributed by atoms with van der Waals surface area (Å²) in [6.45, 7) is 2.38. The van der Waals surface area contributed by atoms with Gasteiger partial charge < -0.3 is 14.7 Å². The first kappa shape index (κ1) is 17.9. The molecule has 1 aromatic rings. The van der Waals surface area contributed by atoms with E-state index in [-0.39, 0.29) is 25.0 Å². The van der Waals surface area contributed by atoms with E-state index in [1.165, 1.54) is 13.2 Å². The van der Waals surface area contributed by atoms with Crippen molar-refractivity contribution in [3.05, 3.63) is 42.0 Å². The molecule has 1 rings (SSSR count). The van der Waals surface area contributed by atoms with Gasteiger partial charge in [-0.25, -0.2) is 0 Å². The van der Waals surface area contributed by atoms with Gasteiger partial charge in [0.2, 0.25) is 5.91 Å². The maximum Gasteiger partial charge on any atom is 0.310 e. The maximum absolute atomic E-state index is 12.3. The summed E-state index contributed by atoms with van der Waals surface area (Å²) in [5, 5.41) is 8.95. The van der Waals surface area contributed by atoms with Crippen molar-refractivity contribution in [2.45, 2.75) is 13.3 Å². The van der Waals surface area contributed by atoms with Crippen LogP contribution in [0.4, 0.5) is 0 Å². The number of aliphatic hydroxyl groups is 1. The number of methoxy groups -OCH3 is 1. The van der Waals surface area contributed by atoms with Gasteiger partial charge in [-0.05, 0) is 18.1 Å². The Morgan fingerprint density at radius 1 is 1.32 bits per heavy atom. The molecular weight excluding hydrogens is 282 g/mol. The molecule has 0 aliphatic rings. The number of hydrogen-bond donors (Lipinski definition) is 1. The lowest BCUT2D eigenvalue weighted by Gasteiger charge is -2.23. The number of carbonyl (C=O) groups excluding carboxylic acids is 2. The summed E-state index contributed by atoms with van der Waals surface area (Å²) in [7, 11) is 1.33. The largest absolute Gasteiger partial charge is 0.469 e. The van der Waals surface area contributed by atoms with Crippen LogP contribution in [0, 0.1) is 5.92 Å². The maximum atomic E-state index is 12.3. The molecule has 1 aromatic carbocycles. The van der Waals surface area contributed by atoms with Crippen molar-refractivity contribution < 1.29 is 19.4 Å². The third-order valence-corrected chi connectivity index (χ3v) is 3.21. The van der Waals surface area contributed by atoms with E-state index in [4.69, 9.17) is 5.11 Å². The third kappa shape index (κ3) is 6.10. The van der Waals surface area contributed by atoms with Crippen LogP contribution < -0.4 is 0 Å². The van der Waals surface area contributed by atoms with E-state index in [0.717, 1.165) is 5.56 Å². The molecule has 0 heterocycles. The predicted molar refractivity (Wildman–Crippen MR) is 84.9 cm³/mol. The van der Waals surface area contributed by atoms with Crippen molar-refractivity contribution in [2.75, 3.05) is 26.8 Å². The number of nitrogens with zero attached hydrogens (tertiary/aromatic N) is 1. The van der Waals surface area contributed by atoms with Crippen molar-refractivity contribution >= 4 is 18.0 Å². The summed E-state index contributed by atoms with van der Waals surface area (Å²) < 4.78 is 4.68. The van der Waals surface area contributed by atoms with Gasteiger partial charge in [-0.3, -0.25) is 9.59 Å². The summed E-state index contributed by atoms with van der Waals surface area (Å²) in [4.78, 5) is 25.3. The number of benzene rings is 1. The van der Waals surface area contributed by atoms with Crippen molar-refractivity contribution in [2.24, 2.45) is 5.92 Å². The van der Waals surface area contributed by atoms with E-state index in [1.807, 2.05) is 30.3 Å². The number of esters is 1. The highest BCUT2D eigenvalue weighted by Crippen LogP contribution is 2.07. The van der Waals surface area contributed by atoms with Gasteiger partial charge in [0.05, 0.1) is 13.0 Å². The number of aliphatic hydroxyl groups excluding tert-OH is 1. The van der Waals surface area contributed by atoms with Gasteiger partial charge in [0, 0.05) is 25.8 Å². The van der Waals surface area contributed by atoms with Gasteiger partial charge in [-0.2, -0.15) is 0 Å². The Kier molecular flexibility index (Phi) is 7.92. The zero-order chi connectivity index (χ0) is 16.4. The summed E-state index contributed by atoms with van der Waals surface area (Å²) in [6, 6.07) is 9.50. The molecule has 0 aliphatic heterocycles. The number of ether oxygens (including phenoxy) is 1. The van der Waals surface area contributed by atoms with Crippen LogP contribution in [0.3, 0.4) is 0 Å². The van der Waals surface area contributed by atoms with Crippen molar-refractivity contribution in [3.63, 3.8) is 0 Å². The molecule has 0 aliphatic carbocycles. The average Bonchev–Trinajstić information content (AvgIpc) is 2.56. The number of hydrogen-bond acceptors (Lipinski definition) is 4. The molecule has 1 unspecified atom stereocenters. The predicted octanol–water partition coefficient (Wildman–Crippen LogP) is 1.72. The molecule has 0 bridgehead atoms. The quantitative estimate of drug-likeness (QED) is 0.586. The molecule has 0 saturated carbocycles. The van der Waals surface area contributed by atoms with E-state index in [9.17, 15) is 9.59 Å². The van der Waals surface area contributed by atoms with Gasteiger partial charge in [0.15, 0.2) is 0 Å². The van der Waals surface area contributed by atoms with Crippen LogP contribution in [0.1, 0.15) is 18.9 Å². The Morgan fingerprint density at radius 2 is 2.00 bits per heavy atom. The first-order valence-corrected chi connectivity index (χ1v) is 7.29. The molecule has 1 atom stereocenters. The minimum atomic E-state index is -0.405. The minimum Gasteiger partial charge on any atom is -0.469 e. The second-order valence-corrected chi connectivity index (χ2v) is 5.03. The summed E-state index contributed by atoms with van der Waals surface area (Å²) in [5.41, 5.74) is 0.930. The highest BCUT2D eigenvalue weighted by molar-refractivity contribution is 5.92. The Balaban J connectivity index is 2.71. The number of rotatable bonds is 8. The molecule has 0 fully saturated rings. The van der Waals surface area contributed by atoms with Crippen molar-refractivity contribution in [1.82, 2.24) is 4.90 Å². The molecule has 1 amide bonds. The van der Waals surface area contributed by atoms with Crippen molar-refractivity contribution in [3.8, 4) is 0 Å². The number of amides is 1. The minimum absolute atomic E-state index is 0.00121. The smallest absolute Gasteiger partial charge is 0.310 e. The Morgan fingerprint density at radius 3 is 2.59 bits per heavy atom. The zero-order valence-electron chi connectivity index (χ0n) is 13.1. The Bertz CT molecular complexity index is 499. The monoisotopic (exact) mass is 305 g/mol. The molecule has 0 aromatic heterocycles. The molecular formula is C17H23NO4. The van der Waals surface area contributed by atoms with E-state index < -0.39 is 5.92 Å². The molecule has 1 N–H and O–H groups in total. The van der Waals surface area contributed by atoms with E-state index >= 15 is 0 Å². The number of carbonyl (C=O) groups is 2.